The molecule has 4 rings (SSSR count). The zero-order valence-corrected chi connectivity index (χ0v) is 17.5. The van der Waals surface area contributed by atoms with Crippen molar-refractivity contribution in [3.05, 3.63) is 88.2 Å². The van der Waals surface area contributed by atoms with Gasteiger partial charge < -0.3 is 15.2 Å². The second kappa shape index (κ2) is 8.97. The van der Waals surface area contributed by atoms with E-state index in [0.29, 0.717) is 17.0 Å². The van der Waals surface area contributed by atoms with Gasteiger partial charge in [0.05, 0.1) is 4.88 Å². The average Bonchev–Trinajstić information content (AvgIpc) is 3.43. The van der Waals surface area contributed by atoms with Crippen LogP contribution in [-0.2, 0) is 13.1 Å². The summed E-state index contributed by atoms with van der Waals surface area (Å²) < 4.78 is 2.22. The molecule has 5 nitrogen and oxygen atoms in total. The Bertz CT molecular complexity index is 1160. The molecule has 152 valence electrons. The molecule has 0 unspecified atom stereocenters. The number of fused-ring (bicyclic) bond motifs is 1. The number of anilines is 1. The molecule has 0 aliphatic carbocycles. The summed E-state index contributed by atoms with van der Waals surface area (Å²) in [4.78, 5) is 25.3. The van der Waals surface area contributed by atoms with E-state index in [0.717, 1.165) is 29.6 Å². The molecule has 2 aromatic carbocycles. The first-order valence-electron chi connectivity index (χ1n) is 9.95. The number of amides is 2. The molecule has 0 saturated heterocycles. The van der Waals surface area contributed by atoms with E-state index in [1.54, 1.807) is 18.2 Å². The summed E-state index contributed by atoms with van der Waals surface area (Å²) in [5.74, 6) is -0.244. The number of carbonyl (C=O) groups excluding carboxylic acids is 2. The second-order valence-corrected chi connectivity index (χ2v) is 8.04. The molecule has 2 aromatic heterocycles. The first-order chi connectivity index (χ1) is 14.6. The van der Waals surface area contributed by atoms with Crippen molar-refractivity contribution in [2.75, 3.05) is 5.32 Å². The monoisotopic (exact) mass is 417 g/mol. The van der Waals surface area contributed by atoms with Crippen LogP contribution in [-0.4, -0.2) is 16.4 Å². The summed E-state index contributed by atoms with van der Waals surface area (Å²) in [5, 5.41) is 8.84. The van der Waals surface area contributed by atoms with E-state index in [1.807, 2.05) is 41.8 Å². The Balaban J connectivity index is 1.37. The third kappa shape index (κ3) is 4.44. The molecule has 0 aliphatic rings. The van der Waals surface area contributed by atoms with Crippen LogP contribution in [0, 0.1) is 0 Å². The third-order valence-electron chi connectivity index (χ3n) is 4.91. The molecule has 0 bridgehead atoms. The maximum atomic E-state index is 12.6. The molecular formula is C24H23N3O2S. The minimum Gasteiger partial charge on any atom is -0.347 e. The van der Waals surface area contributed by atoms with Crippen LogP contribution in [0.5, 0.6) is 0 Å². The summed E-state index contributed by atoms with van der Waals surface area (Å²) in [7, 11) is 0. The zero-order chi connectivity index (χ0) is 20.9. The van der Waals surface area contributed by atoms with Crippen LogP contribution in [0.15, 0.2) is 72.2 Å². The second-order valence-electron chi connectivity index (χ2n) is 7.09. The molecule has 0 spiro atoms. The predicted molar refractivity (Wildman–Crippen MR) is 122 cm³/mol. The van der Waals surface area contributed by atoms with Gasteiger partial charge in [0.2, 0.25) is 0 Å². The fourth-order valence-electron chi connectivity index (χ4n) is 3.37. The number of rotatable bonds is 7. The van der Waals surface area contributed by atoms with E-state index in [-0.39, 0.29) is 11.8 Å². The van der Waals surface area contributed by atoms with Gasteiger partial charge in [0.25, 0.3) is 11.8 Å². The van der Waals surface area contributed by atoms with Gasteiger partial charge in [-0.05, 0) is 59.8 Å². The third-order valence-corrected chi connectivity index (χ3v) is 5.78. The molecule has 2 amide bonds. The molecule has 2 N–H and O–H groups in total. The number of nitrogens with zero attached hydrogens (tertiary/aromatic N) is 1. The first-order valence-corrected chi connectivity index (χ1v) is 10.8. The van der Waals surface area contributed by atoms with Gasteiger partial charge in [0.15, 0.2) is 0 Å². The zero-order valence-electron chi connectivity index (χ0n) is 16.7. The SMILES string of the molecule is CCCn1ccc2cc(NC(=O)c3ccc(CNC(=O)c4cccs4)cc3)ccc21. The van der Waals surface area contributed by atoms with Gasteiger partial charge in [-0.25, -0.2) is 0 Å². The van der Waals surface area contributed by atoms with Crippen molar-refractivity contribution in [1.29, 1.82) is 0 Å². The van der Waals surface area contributed by atoms with Gasteiger partial charge in [0, 0.05) is 41.4 Å². The first kappa shape index (κ1) is 19.9. The minimum atomic E-state index is -0.156. The number of carbonyl (C=O) groups is 2. The normalized spacial score (nSPS) is 10.8. The summed E-state index contributed by atoms with van der Waals surface area (Å²) in [5.41, 5.74) is 3.46. The van der Waals surface area contributed by atoms with Crippen molar-refractivity contribution < 1.29 is 9.59 Å². The van der Waals surface area contributed by atoms with Crippen LogP contribution in [0.1, 0.15) is 38.9 Å². The van der Waals surface area contributed by atoms with Crippen LogP contribution in [0.2, 0.25) is 0 Å². The Morgan fingerprint density at radius 2 is 1.83 bits per heavy atom. The lowest BCUT2D eigenvalue weighted by molar-refractivity contribution is 0.0953. The molecular weight excluding hydrogens is 394 g/mol. The van der Waals surface area contributed by atoms with Crippen molar-refractivity contribution in [2.24, 2.45) is 0 Å². The highest BCUT2D eigenvalue weighted by molar-refractivity contribution is 7.12. The van der Waals surface area contributed by atoms with E-state index in [4.69, 9.17) is 0 Å². The Morgan fingerprint density at radius 3 is 2.57 bits per heavy atom. The van der Waals surface area contributed by atoms with Crippen LogP contribution >= 0.6 is 11.3 Å². The van der Waals surface area contributed by atoms with E-state index < -0.39 is 0 Å². The van der Waals surface area contributed by atoms with Crippen molar-refractivity contribution >= 4 is 39.7 Å². The standard InChI is InChI=1S/C24H23N3O2S/c1-2-12-27-13-11-19-15-20(9-10-21(19)27)26-23(28)18-7-5-17(6-8-18)16-25-24(29)22-4-3-14-30-22/h3-11,13-15H,2,12,16H2,1H3,(H,25,29)(H,26,28). The highest BCUT2D eigenvalue weighted by Gasteiger charge is 2.09. The number of aryl methyl sites for hydroxylation is 1. The molecule has 6 heteroatoms. The smallest absolute Gasteiger partial charge is 0.261 e. The number of hydrogen-bond donors (Lipinski definition) is 2. The fourth-order valence-corrected chi connectivity index (χ4v) is 4.01. The number of hydrogen-bond acceptors (Lipinski definition) is 3. The van der Waals surface area contributed by atoms with E-state index in [1.165, 1.54) is 16.9 Å². The van der Waals surface area contributed by atoms with Crippen LogP contribution in [0.4, 0.5) is 5.69 Å². The lowest BCUT2D eigenvalue weighted by atomic mass is 10.1. The van der Waals surface area contributed by atoms with Gasteiger partial charge in [-0.15, -0.1) is 11.3 Å². The fraction of sp³-hybridized carbons (Fsp3) is 0.167. The Kier molecular flexibility index (Phi) is 5.95. The predicted octanol–water partition coefficient (Wildman–Crippen LogP) is 5.30. The Hall–Kier alpha value is -3.38. The van der Waals surface area contributed by atoms with Crippen LogP contribution in [0.25, 0.3) is 10.9 Å². The van der Waals surface area contributed by atoms with Crippen molar-refractivity contribution in [1.82, 2.24) is 9.88 Å². The van der Waals surface area contributed by atoms with Crippen molar-refractivity contribution in [2.45, 2.75) is 26.4 Å². The molecule has 4 aromatic rings. The highest BCUT2D eigenvalue weighted by atomic mass is 32.1. The van der Waals surface area contributed by atoms with Crippen LogP contribution in [0.3, 0.4) is 0 Å². The molecule has 0 atom stereocenters. The maximum absolute atomic E-state index is 12.6. The van der Waals surface area contributed by atoms with Gasteiger partial charge in [0.1, 0.15) is 0 Å². The summed E-state index contributed by atoms with van der Waals surface area (Å²) >= 11 is 1.41. The summed E-state index contributed by atoms with van der Waals surface area (Å²) in [6.07, 6.45) is 3.16. The van der Waals surface area contributed by atoms with Gasteiger partial charge in [-0.1, -0.05) is 25.1 Å². The Morgan fingerprint density at radius 1 is 1.00 bits per heavy atom. The molecule has 2 heterocycles. The van der Waals surface area contributed by atoms with E-state index >= 15 is 0 Å². The topological polar surface area (TPSA) is 63.1 Å². The van der Waals surface area contributed by atoms with E-state index in [2.05, 4.69) is 34.4 Å². The molecule has 0 fully saturated rings. The highest BCUT2D eigenvalue weighted by Crippen LogP contribution is 2.21. The average molecular weight is 418 g/mol. The summed E-state index contributed by atoms with van der Waals surface area (Å²) in [6, 6.07) is 19.0. The van der Waals surface area contributed by atoms with Gasteiger partial charge >= 0.3 is 0 Å². The van der Waals surface area contributed by atoms with E-state index in [9.17, 15) is 9.59 Å². The lowest BCUT2D eigenvalue weighted by Gasteiger charge is -2.08. The van der Waals surface area contributed by atoms with Gasteiger partial charge in [-0.3, -0.25) is 9.59 Å². The number of nitrogens with one attached hydrogen (secondary N) is 2. The largest absolute Gasteiger partial charge is 0.347 e. The molecule has 30 heavy (non-hydrogen) atoms. The van der Waals surface area contributed by atoms with Gasteiger partial charge in [-0.2, -0.15) is 0 Å². The summed E-state index contributed by atoms with van der Waals surface area (Å²) in [6.45, 7) is 3.56. The quantitative estimate of drug-likeness (QED) is 0.429. The molecule has 0 radical (unpaired) electrons. The van der Waals surface area contributed by atoms with Crippen molar-refractivity contribution in [3.63, 3.8) is 0 Å². The van der Waals surface area contributed by atoms with Crippen molar-refractivity contribution in [3.8, 4) is 0 Å². The molecule has 0 aliphatic heterocycles. The number of aromatic nitrogens is 1. The number of benzene rings is 2. The lowest BCUT2D eigenvalue weighted by Crippen LogP contribution is -2.21. The maximum Gasteiger partial charge on any atom is 0.261 e. The molecule has 0 saturated carbocycles. The van der Waals surface area contributed by atoms with Crippen LogP contribution < -0.4 is 10.6 Å². The Labute approximate surface area is 179 Å². The number of thiophene rings is 1. The minimum absolute atomic E-state index is 0.0880.